The number of benzene rings is 2. The van der Waals surface area contributed by atoms with Crippen molar-refractivity contribution in [2.75, 3.05) is 0 Å². The molecule has 118 valence electrons. The molecule has 0 radical (unpaired) electrons. The summed E-state index contributed by atoms with van der Waals surface area (Å²) in [5.74, 6) is 0. The Hall–Kier alpha value is -1.43. The van der Waals surface area contributed by atoms with E-state index in [9.17, 15) is 13.0 Å². The van der Waals surface area contributed by atoms with Gasteiger partial charge < -0.3 is 0 Å². The zero-order chi connectivity index (χ0) is 16.4. The van der Waals surface area contributed by atoms with E-state index in [1.54, 1.807) is 12.1 Å². The Morgan fingerprint density at radius 1 is 1.00 bits per heavy atom. The van der Waals surface area contributed by atoms with E-state index >= 15 is 0 Å². The first-order valence-corrected chi connectivity index (χ1v) is 12.0. The van der Waals surface area contributed by atoms with E-state index in [1.165, 1.54) is 5.56 Å². The van der Waals surface area contributed by atoms with E-state index in [2.05, 4.69) is 25.2 Å². The van der Waals surface area contributed by atoms with Gasteiger partial charge in [-0.25, -0.2) is 0 Å². The van der Waals surface area contributed by atoms with Gasteiger partial charge in [-0.3, -0.25) is 4.55 Å². The van der Waals surface area contributed by atoms with E-state index in [0.29, 0.717) is 0 Å². The summed E-state index contributed by atoms with van der Waals surface area (Å²) >= 11 is 0. The predicted molar refractivity (Wildman–Crippen MR) is 92.9 cm³/mol. The summed E-state index contributed by atoms with van der Waals surface area (Å²) in [4.78, 5) is 0.0669. The molecule has 0 amide bonds. The SMILES string of the molecule is CCc1ccc(S(=O)(=O)O)c([Si](C)(C)Cc2ccccc2)c1. The second-order valence-corrected chi connectivity index (χ2v) is 12.3. The van der Waals surface area contributed by atoms with Gasteiger partial charge in [0.25, 0.3) is 10.1 Å². The van der Waals surface area contributed by atoms with Crippen molar-refractivity contribution in [3.05, 3.63) is 59.7 Å². The van der Waals surface area contributed by atoms with Crippen LogP contribution >= 0.6 is 0 Å². The van der Waals surface area contributed by atoms with Crippen molar-refractivity contribution >= 4 is 23.4 Å². The van der Waals surface area contributed by atoms with Gasteiger partial charge in [0.1, 0.15) is 0 Å². The third-order valence-electron chi connectivity index (χ3n) is 3.95. The first-order chi connectivity index (χ1) is 10.2. The van der Waals surface area contributed by atoms with Crippen LogP contribution in [0.5, 0.6) is 0 Å². The van der Waals surface area contributed by atoms with Gasteiger partial charge in [0, 0.05) is 0 Å². The minimum absolute atomic E-state index is 0.0669. The highest BCUT2D eigenvalue weighted by molar-refractivity contribution is 7.86. The van der Waals surface area contributed by atoms with Crippen molar-refractivity contribution in [2.24, 2.45) is 0 Å². The van der Waals surface area contributed by atoms with Crippen molar-refractivity contribution in [3.8, 4) is 0 Å². The van der Waals surface area contributed by atoms with Crippen LogP contribution in [0.3, 0.4) is 0 Å². The molecule has 0 spiro atoms. The van der Waals surface area contributed by atoms with Gasteiger partial charge in [-0.15, -0.1) is 0 Å². The van der Waals surface area contributed by atoms with Crippen molar-refractivity contribution in [3.63, 3.8) is 0 Å². The van der Waals surface area contributed by atoms with Gasteiger partial charge in [-0.1, -0.05) is 68.0 Å². The summed E-state index contributed by atoms with van der Waals surface area (Å²) in [5.41, 5.74) is 2.29. The van der Waals surface area contributed by atoms with E-state index in [0.717, 1.165) is 23.2 Å². The average Bonchev–Trinajstić information content (AvgIpc) is 2.46. The lowest BCUT2D eigenvalue weighted by molar-refractivity contribution is 0.484. The van der Waals surface area contributed by atoms with Crippen molar-refractivity contribution in [1.29, 1.82) is 0 Å². The van der Waals surface area contributed by atoms with Crippen LogP contribution in [-0.2, 0) is 22.6 Å². The average molecular weight is 335 g/mol. The molecule has 0 aliphatic rings. The summed E-state index contributed by atoms with van der Waals surface area (Å²) in [7, 11) is -6.26. The molecule has 0 fully saturated rings. The molecule has 22 heavy (non-hydrogen) atoms. The predicted octanol–water partition coefficient (Wildman–Crippen LogP) is 3.19. The number of hydrogen-bond donors (Lipinski definition) is 1. The Bertz CT molecular complexity index is 753. The molecule has 0 aliphatic heterocycles. The molecule has 0 heterocycles. The van der Waals surface area contributed by atoms with Gasteiger partial charge in [-0.05, 0) is 29.3 Å². The molecule has 0 unspecified atom stereocenters. The standard InChI is InChI=1S/C17H22O3SSi/c1-4-14-10-11-16(21(18,19)20)17(12-14)22(2,3)13-15-8-6-5-7-9-15/h5-12H,4,13H2,1-3H3,(H,18,19,20). The molecule has 0 aliphatic carbocycles. The maximum absolute atomic E-state index is 11.7. The van der Waals surface area contributed by atoms with Gasteiger partial charge in [0.2, 0.25) is 0 Å². The lowest BCUT2D eigenvalue weighted by atomic mass is 10.2. The van der Waals surface area contributed by atoms with Crippen LogP contribution in [0.2, 0.25) is 13.1 Å². The smallest absolute Gasteiger partial charge is 0.282 e. The minimum Gasteiger partial charge on any atom is -0.282 e. The lowest BCUT2D eigenvalue weighted by Crippen LogP contribution is -2.46. The molecule has 0 aromatic heterocycles. The molecule has 2 aromatic rings. The third kappa shape index (κ3) is 3.85. The van der Waals surface area contributed by atoms with Gasteiger partial charge in [-0.2, -0.15) is 8.42 Å². The minimum atomic E-state index is -4.20. The molecule has 1 N–H and O–H groups in total. The molecule has 0 saturated heterocycles. The summed E-state index contributed by atoms with van der Waals surface area (Å²) in [6.45, 7) is 6.32. The maximum Gasteiger partial charge on any atom is 0.294 e. The fourth-order valence-corrected chi connectivity index (χ4v) is 7.32. The molecule has 2 aromatic carbocycles. The van der Waals surface area contributed by atoms with Crippen LogP contribution in [0, 0.1) is 0 Å². The van der Waals surface area contributed by atoms with Crippen LogP contribution in [0.15, 0.2) is 53.4 Å². The highest BCUT2D eigenvalue weighted by atomic mass is 32.2. The summed E-state index contributed by atoms with van der Waals surface area (Å²) in [6.07, 6.45) is 0.842. The van der Waals surface area contributed by atoms with Crippen LogP contribution in [0.1, 0.15) is 18.1 Å². The second kappa shape index (κ2) is 6.36. The van der Waals surface area contributed by atoms with E-state index in [1.807, 2.05) is 31.2 Å². The topological polar surface area (TPSA) is 54.4 Å². The molecule has 0 saturated carbocycles. The molecular weight excluding hydrogens is 312 g/mol. The second-order valence-electron chi connectivity index (χ2n) is 6.21. The van der Waals surface area contributed by atoms with Crippen LogP contribution in [0.4, 0.5) is 0 Å². The Balaban J connectivity index is 2.53. The first kappa shape index (κ1) is 16.9. The summed E-state index contributed by atoms with van der Waals surface area (Å²) < 4.78 is 33.0. The quantitative estimate of drug-likeness (QED) is 0.675. The van der Waals surface area contributed by atoms with Gasteiger partial charge >= 0.3 is 0 Å². The highest BCUT2D eigenvalue weighted by Gasteiger charge is 2.30. The molecule has 5 heteroatoms. The summed E-state index contributed by atoms with van der Waals surface area (Å²) in [6, 6.07) is 16.2. The van der Waals surface area contributed by atoms with Crippen molar-refractivity contribution in [1.82, 2.24) is 0 Å². The Kier molecular flexibility index (Phi) is 4.89. The monoisotopic (exact) mass is 334 g/mol. The maximum atomic E-state index is 11.7. The van der Waals surface area contributed by atoms with E-state index in [4.69, 9.17) is 0 Å². The Morgan fingerprint density at radius 2 is 1.64 bits per heavy atom. The van der Waals surface area contributed by atoms with Crippen molar-refractivity contribution in [2.45, 2.75) is 37.4 Å². The fraction of sp³-hybridized carbons (Fsp3) is 0.294. The molecular formula is C17H22O3SSi. The molecule has 3 nitrogen and oxygen atoms in total. The fourth-order valence-electron chi connectivity index (χ4n) is 2.75. The molecule has 2 rings (SSSR count). The first-order valence-electron chi connectivity index (χ1n) is 7.39. The van der Waals surface area contributed by atoms with E-state index in [-0.39, 0.29) is 4.90 Å². The Labute approximate surface area is 133 Å². The normalized spacial score (nSPS) is 12.4. The van der Waals surface area contributed by atoms with E-state index < -0.39 is 18.2 Å². The number of aryl methyl sites for hydroxylation is 1. The highest BCUT2D eigenvalue weighted by Crippen LogP contribution is 2.18. The molecule has 0 bridgehead atoms. The summed E-state index contributed by atoms with van der Waals surface area (Å²) in [5, 5.41) is 0.804. The van der Waals surface area contributed by atoms with Crippen LogP contribution < -0.4 is 5.19 Å². The Morgan fingerprint density at radius 3 is 2.18 bits per heavy atom. The largest absolute Gasteiger partial charge is 0.294 e. The number of rotatable bonds is 5. The van der Waals surface area contributed by atoms with Gasteiger partial charge in [0.15, 0.2) is 0 Å². The van der Waals surface area contributed by atoms with Crippen LogP contribution in [0.25, 0.3) is 0 Å². The zero-order valence-corrected chi connectivity index (χ0v) is 15.0. The zero-order valence-electron chi connectivity index (χ0n) is 13.2. The van der Waals surface area contributed by atoms with Crippen LogP contribution in [-0.4, -0.2) is 21.0 Å². The lowest BCUT2D eigenvalue weighted by Gasteiger charge is -2.26. The van der Waals surface area contributed by atoms with Crippen molar-refractivity contribution < 1.29 is 13.0 Å². The number of hydrogen-bond acceptors (Lipinski definition) is 2. The molecule has 0 atom stereocenters. The third-order valence-corrected chi connectivity index (χ3v) is 8.21. The van der Waals surface area contributed by atoms with Gasteiger partial charge in [0.05, 0.1) is 13.0 Å².